The van der Waals surface area contributed by atoms with E-state index in [0.29, 0.717) is 17.4 Å². The average molecular weight is 1090 g/mol. The van der Waals surface area contributed by atoms with Crippen molar-refractivity contribution in [2.75, 3.05) is 47.5 Å². The fourth-order valence-corrected chi connectivity index (χ4v) is 9.34. The second-order valence-corrected chi connectivity index (χ2v) is 23.5. The Morgan fingerprint density at radius 2 is 0.750 bits per heavy atom. The van der Waals surface area contributed by atoms with E-state index >= 15 is 0 Å². The monoisotopic (exact) mass is 1080 g/mol. The highest BCUT2D eigenvalue weighted by atomic mass is 31.2. The first-order valence-corrected chi connectivity index (χ1v) is 32.8. The SMILES string of the molecule is CC/C=C\C/C=C\C/C=C\C/C=C\C/C=C\CCCCCCCCCCCCCCCCCC(=O)OC(COC(=O)CCCCCCCCCCC/C=C\C/C=C\CCCCCCC)COP(=O)(O)OCC[N+](C)(C)C. The van der Waals surface area contributed by atoms with Gasteiger partial charge in [-0.2, -0.15) is 0 Å². The van der Waals surface area contributed by atoms with Crippen LogP contribution in [0.1, 0.15) is 271 Å². The van der Waals surface area contributed by atoms with Crippen LogP contribution >= 0.6 is 7.82 Å². The van der Waals surface area contributed by atoms with E-state index in [1.54, 1.807) is 0 Å². The van der Waals surface area contributed by atoms with Gasteiger partial charge >= 0.3 is 19.8 Å². The van der Waals surface area contributed by atoms with Crippen LogP contribution in [0.2, 0.25) is 0 Å². The normalized spacial score (nSPS) is 13.8. The van der Waals surface area contributed by atoms with Gasteiger partial charge in [-0.1, -0.05) is 253 Å². The van der Waals surface area contributed by atoms with Crippen molar-refractivity contribution in [3.05, 3.63) is 85.1 Å². The fraction of sp³-hybridized carbons (Fsp3) is 0.758. The van der Waals surface area contributed by atoms with E-state index in [1.165, 1.54) is 161 Å². The van der Waals surface area contributed by atoms with Crippen molar-refractivity contribution in [3.8, 4) is 0 Å². The molecular weight excluding hydrogens is 966 g/mol. The summed E-state index contributed by atoms with van der Waals surface area (Å²) in [4.78, 5) is 35.8. The van der Waals surface area contributed by atoms with Crippen LogP contribution in [0.3, 0.4) is 0 Å². The number of hydrogen-bond donors (Lipinski definition) is 1. The maximum atomic E-state index is 12.8. The lowest BCUT2D eigenvalue weighted by molar-refractivity contribution is -0.870. The van der Waals surface area contributed by atoms with Crippen LogP contribution in [0, 0.1) is 0 Å². The van der Waals surface area contributed by atoms with Gasteiger partial charge in [-0.3, -0.25) is 18.6 Å². The van der Waals surface area contributed by atoms with Gasteiger partial charge in [0.2, 0.25) is 0 Å². The van der Waals surface area contributed by atoms with Crippen molar-refractivity contribution >= 4 is 19.8 Å². The number of phosphoric acid groups is 1. The van der Waals surface area contributed by atoms with Gasteiger partial charge in [-0.15, -0.1) is 0 Å². The first-order chi connectivity index (χ1) is 37.0. The molecule has 9 nitrogen and oxygen atoms in total. The summed E-state index contributed by atoms with van der Waals surface area (Å²) in [5.74, 6) is -0.797. The largest absolute Gasteiger partial charge is 0.472 e. The number of hydrogen-bond acceptors (Lipinski definition) is 7. The molecule has 0 aliphatic rings. The molecule has 2 atom stereocenters. The van der Waals surface area contributed by atoms with Gasteiger partial charge in [0.05, 0.1) is 27.7 Å². The quantitative estimate of drug-likeness (QED) is 0.0211. The minimum Gasteiger partial charge on any atom is -0.462 e. The lowest BCUT2D eigenvalue weighted by Crippen LogP contribution is -2.37. The highest BCUT2D eigenvalue weighted by Crippen LogP contribution is 2.43. The Hall–Kier alpha value is -2.81. The number of esters is 2. The van der Waals surface area contributed by atoms with Crippen LogP contribution < -0.4 is 0 Å². The zero-order valence-corrected chi connectivity index (χ0v) is 50.9. The molecule has 0 saturated carbocycles. The van der Waals surface area contributed by atoms with Crippen LogP contribution in [-0.2, 0) is 32.7 Å². The summed E-state index contributed by atoms with van der Waals surface area (Å²) in [6.07, 6.45) is 76.6. The number of carbonyl (C=O) groups is 2. The number of quaternary nitrogens is 1. The van der Waals surface area contributed by atoms with Crippen molar-refractivity contribution in [3.63, 3.8) is 0 Å². The Morgan fingerprint density at radius 1 is 0.421 bits per heavy atom. The van der Waals surface area contributed by atoms with Gasteiger partial charge in [0.1, 0.15) is 19.8 Å². The Balaban J connectivity index is 4.10. The predicted molar refractivity (Wildman–Crippen MR) is 325 cm³/mol. The van der Waals surface area contributed by atoms with Crippen LogP contribution in [0.15, 0.2) is 85.1 Å². The Bertz CT molecular complexity index is 1560. The minimum atomic E-state index is -4.39. The number of unbranched alkanes of at least 4 members (excludes halogenated alkanes) is 29. The summed E-state index contributed by atoms with van der Waals surface area (Å²) in [7, 11) is 1.47. The third kappa shape index (κ3) is 60.4. The molecule has 10 heteroatoms. The molecule has 0 aromatic rings. The van der Waals surface area contributed by atoms with E-state index in [2.05, 4.69) is 98.9 Å². The Labute approximate surface area is 469 Å². The molecule has 0 aliphatic carbocycles. The molecule has 0 aromatic heterocycles. The van der Waals surface area contributed by atoms with Crippen LogP contribution in [0.5, 0.6) is 0 Å². The molecule has 1 N–H and O–H groups in total. The van der Waals surface area contributed by atoms with Gasteiger partial charge in [0, 0.05) is 12.8 Å². The first kappa shape index (κ1) is 73.2. The van der Waals surface area contributed by atoms with Crippen molar-refractivity contribution in [2.45, 2.75) is 277 Å². The van der Waals surface area contributed by atoms with Gasteiger partial charge in [0.15, 0.2) is 6.10 Å². The molecule has 0 spiro atoms. The summed E-state index contributed by atoms with van der Waals surface area (Å²) >= 11 is 0. The molecule has 0 saturated heterocycles. The molecule has 0 amide bonds. The third-order valence-electron chi connectivity index (χ3n) is 13.4. The van der Waals surface area contributed by atoms with Gasteiger partial charge in [0.25, 0.3) is 0 Å². The van der Waals surface area contributed by atoms with Crippen LogP contribution in [-0.4, -0.2) is 74.9 Å². The highest BCUT2D eigenvalue weighted by molar-refractivity contribution is 7.47. The standard InChI is InChI=1S/C66H118NO8P/c1-6-8-10-12-14-16-18-20-22-24-26-28-29-30-31-32-33-34-35-36-37-39-41-43-45-47-49-51-53-55-57-59-66(69)75-64(63-74-76(70,71)73-61-60-67(3,4)5)62-72-65(68)58-56-54-52-50-48-46-44-42-40-38-27-25-23-21-19-17-15-13-11-9-7-2/h8,10,14,16,19-22,25-28,30-31,64H,6-7,9,11-13,15,17-18,23-24,29,32-63H2,1-5H3/p+1/b10-8-,16-14-,21-19-,22-20-,27-25-,28-26-,31-30-. The average Bonchev–Trinajstić information content (AvgIpc) is 3.38. The highest BCUT2D eigenvalue weighted by Gasteiger charge is 2.27. The molecule has 0 radical (unpaired) electrons. The van der Waals surface area contributed by atoms with E-state index in [0.717, 1.165) is 77.0 Å². The van der Waals surface area contributed by atoms with E-state index in [9.17, 15) is 19.0 Å². The number of nitrogens with zero attached hydrogens (tertiary/aromatic N) is 1. The molecular formula is C66H119NO8P+. The Kier molecular flexibility index (Phi) is 54.8. The molecule has 2 unspecified atom stereocenters. The zero-order valence-electron chi connectivity index (χ0n) is 50.0. The number of phosphoric ester groups is 1. The zero-order chi connectivity index (χ0) is 55.6. The minimum absolute atomic E-state index is 0.0288. The van der Waals surface area contributed by atoms with Crippen LogP contribution in [0.25, 0.3) is 0 Å². The number of allylic oxidation sites excluding steroid dienone is 14. The lowest BCUT2D eigenvalue weighted by atomic mass is 10.0. The molecule has 0 rings (SSSR count). The third-order valence-corrected chi connectivity index (χ3v) is 14.4. The molecule has 440 valence electrons. The summed E-state index contributed by atoms with van der Waals surface area (Å²) in [6, 6.07) is 0. The van der Waals surface area contributed by atoms with E-state index < -0.39 is 26.5 Å². The molecule has 0 aliphatic heterocycles. The number of ether oxygens (including phenoxy) is 2. The molecule has 0 bridgehead atoms. The van der Waals surface area contributed by atoms with Gasteiger partial charge < -0.3 is 18.9 Å². The maximum Gasteiger partial charge on any atom is 0.472 e. The number of likely N-dealkylation sites (N-methyl/N-ethyl adjacent to an activating group) is 1. The van der Waals surface area contributed by atoms with Crippen LogP contribution in [0.4, 0.5) is 0 Å². The summed E-state index contributed by atoms with van der Waals surface area (Å²) < 4.78 is 34.6. The lowest BCUT2D eigenvalue weighted by Gasteiger charge is -2.24. The Morgan fingerprint density at radius 3 is 1.12 bits per heavy atom. The fourth-order valence-electron chi connectivity index (χ4n) is 8.60. The smallest absolute Gasteiger partial charge is 0.462 e. The van der Waals surface area contributed by atoms with Crippen molar-refractivity contribution in [2.24, 2.45) is 0 Å². The summed E-state index contributed by atoms with van der Waals surface area (Å²) in [6.45, 7) is 4.33. The molecule has 76 heavy (non-hydrogen) atoms. The first-order valence-electron chi connectivity index (χ1n) is 31.3. The van der Waals surface area contributed by atoms with Gasteiger partial charge in [-0.05, 0) is 89.9 Å². The molecule has 0 fully saturated rings. The van der Waals surface area contributed by atoms with Crippen molar-refractivity contribution in [1.29, 1.82) is 0 Å². The summed E-state index contributed by atoms with van der Waals surface area (Å²) in [5.41, 5.74) is 0. The topological polar surface area (TPSA) is 108 Å². The maximum absolute atomic E-state index is 12.8. The van der Waals surface area contributed by atoms with E-state index in [4.69, 9.17) is 18.5 Å². The molecule has 0 heterocycles. The van der Waals surface area contributed by atoms with Gasteiger partial charge in [-0.25, -0.2) is 4.57 Å². The van der Waals surface area contributed by atoms with E-state index in [-0.39, 0.29) is 32.0 Å². The summed E-state index contributed by atoms with van der Waals surface area (Å²) in [5, 5.41) is 0. The molecule has 0 aromatic carbocycles. The van der Waals surface area contributed by atoms with Crippen molar-refractivity contribution in [1.82, 2.24) is 0 Å². The number of rotatable bonds is 57. The second kappa shape index (κ2) is 56.9. The second-order valence-electron chi connectivity index (χ2n) is 22.1. The predicted octanol–water partition coefficient (Wildman–Crippen LogP) is 19.8. The van der Waals surface area contributed by atoms with E-state index in [1.807, 2.05) is 21.1 Å². The number of carbonyl (C=O) groups excluding carboxylic acids is 2. The van der Waals surface area contributed by atoms with Crippen molar-refractivity contribution < 1.29 is 42.1 Å².